The molecule has 4 fully saturated rings. The van der Waals surface area contributed by atoms with Crippen molar-refractivity contribution in [1.82, 2.24) is 19.8 Å². The Labute approximate surface area is 168 Å². The van der Waals surface area contributed by atoms with Gasteiger partial charge in [0.25, 0.3) is 0 Å². The highest BCUT2D eigenvalue weighted by atomic mass is 16.2. The summed E-state index contributed by atoms with van der Waals surface area (Å²) in [7, 11) is 0. The molecule has 1 unspecified atom stereocenters. The van der Waals surface area contributed by atoms with Crippen LogP contribution in [0.1, 0.15) is 51.8 Å². The van der Waals surface area contributed by atoms with Crippen molar-refractivity contribution in [3.8, 4) is 0 Å². The molecule has 5 rings (SSSR count). The first kappa shape index (κ1) is 18.3. The Bertz CT molecular complexity index is 736. The van der Waals surface area contributed by atoms with Gasteiger partial charge in [-0.1, -0.05) is 13.8 Å². The van der Waals surface area contributed by atoms with Crippen molar-refractivity contribution in [3.05, 3.63) is 18.2 Å². The molecule has 4 aliphatic rings. The molecule has 1 aromatic heterocycles. The second kappa shape index (κ2) is 6.68. The van der Waals surface area contributed by atoms with Gasteiger partial charge in [-0.05, 0) is 32.2 Å². The molecule has 6 heteroatoms. The van der Waals surface area contributed by atoms with Crippen LogP contribution in [-0.4, -0.2) is 71.0 Å². The van der Waals surface area contributed by atoms with E-state index < -0.39 is 0 Å². The number of hydrogen-bond donors (Lipinski definition) is 0. The zero-order chi connectivity index (χ0) is 19.4. The maximum absolute atomic E-state index is 11.8. The fourth-order valence-electron chi connectivity index (χ4n) is 6.08. The lowest BCUT2D eigenvalue weighted by Gasteiger charge is -2.60. The van der Waals surface area contributed by atoms with E-state index in [0.717, 1.165) is 44.5 Å². The van der Waals surface area contributed by atoms with E-state index in [1.165, 1.54) is 44.5 Å². The third-order valence-corrected chi connectivity index (χ3v) is 7.84. The largest absolute Gasteiger partial charge is 0.368 e. The van der Waals surface area contributed by atoms with Gasteiger partial charge in [0.05, 0.1) is 18.1 Å². The van der Waals surface area contributed by atoms with Gasteiger partial charge < -0.3 is 9.80 Å². The molecular formula is C22H33N5O. The molecule has 28 heavy (non-hydrogen) atoms. The molecular weight excluding hydrogens is 350 g/mol. The van der Waals surface area contributed by atoms with Crippen molar-refractivity contribution in [2.45, 2.75) is 58.4 Å². The first-order valence-corrected chi connectivity index (χ1v) is 11.1. The van der Waals surface area contributed by atoms with Gasteiger partial charge in [0.1, 0.15) is 5.82 Å². The maximum atomic E-state index is 11.8. The summed E-state index contributed by atoms with van der Waals surface area (Å²) >= 11 is 0. The standard InChI is InChI=1S/C22H33N5O/c1-3-19-23-11-18(12-24-19)26-8-6-21(14-26)5-7-25(13-21)17-9-22(10-17)15-27(16-22)20(28)4-2/h11-12,17H,3-10,13-16H2,1-2H3. The van der Waals surface area contributed by atoms with E-state index in [2.05, 4.69) is 31.6 Å². The average molecular weight is 384 g/mol. The van der Waals surface area contributed by atoms with Crippen molar-refractivity contribution in [2.24, 2.45) is 10.8 Å². The monoisotopic (exact) mass is 383 g/mol. The summed E-state index contributed by atoms with van der Waals surface area (Å²) in [6, 6.07) is 0.750. The third-order valence-electron chi connectivity index (χ3n) is 7.84. The summed E-state index contributed by atoms with van der Waals surface area (Å²) in [4.78, 5) is 28.1. The van der Waals surface area contributed by atoms with Gasteiger partial charge in [-0.3, -0.25) is 9.69 Å². The Morgan fingerprint density at radius 3 is 2.43 bits per heavy atom. The molecule has 1 aliphatic carbocycles. The molecule has 1 aromatic rings. The highest BCUT2D eigenvalue weighted by Gasteiger charge is 2.56. The molecule has 1 atom stereocenters. The normalized spacial score (nSPS) is 29.5. The quantitative estimate of drug-likeness (QED) is 0.799. The van der Waals surface area contributed by atoms with E-state index >= 15 is 0 Å². The van der Waals surface area contributed by atoms with E-state index in [0.29, 0.717) is 23.2 Å². The molecule has 3 aliphatic heterocycles. The number of hydrogen-bond acceptors (Lipinski definition) is 5. The van der Waals surface area contributed by atoms with Crippen molar-refractivity contribution in [2.75, 3.05) is 44.2 Å². The molecule has 1 saturated carbocycles. The Morgan fingerprint density at radius 1 is 1.04 bits per heavy atom. The topological polar surface area (TPSA) is 52.6 Å². The first-order chi connectivity index (χ1) is 13.5. The minimum Gasteiger partial charge on any atom is -0.368 e. The number of carbonyl (C=O) groups is 1. The lowest BCUT2D eigenvalue weighted by atomic mass is 9.60. The van der Waals surface area contributed by atoms with Crippen LogP contribution < -0.4 is 4.90 Å². The Kier molecular flexibility index (Phi) is 4.38. The number of rotatable bonds is 4. The van der Waals surface area contributed by atoms with Crippen LogP contribution in [0.4, 0.5) is 5.69 Å². The number of carbonyl (C=O) groups excluding carboxylic acids is 1. The Balaban J connectivity index is 1.14. The number of amides is 1. The minimum atomic E-state index is 0.330. The lowest BCUT2D eigenvalue weighted by Crippen LogP contribution is -2.67. The van der Waals surface area contributed by atoms with Crippen LogP contribution in [0, 0.1) is 10.8 Å². The molecule has 3 saturated heterocycles. The zero-order valence-corrected chi connectivity index (χ0v) is 17.4. The van der Waals surface area contributed by atoms with E-state index in [-0.39, 0.29) is 0 Å². The summed E-state index contributed by atoms with van der Waals surface area (Å²) in [5.41, 5.74) is 2.10. The first-order valence-electron chi connectivity index (χ1n) is 11.1. The predicted octanol–water partition coefficient (Wildman–Crippen LogP) is 2.34. The van der Waals surface area contributed by atoms with Crippen molar-refractivity contribution >= 4 is 11.6 Å². The maximum Gasteiger partial charge on any atom is 0.222 e. The van der Waals surface area contributed by atoms with Gasteiger partial charge in [-0.15, -0.1) is 0 Å². The molecule has 4 heterocycles. The van der Waals surface area contributed by atoms with Crippen molar-refractivity contribution in [3.63, 3.8) is 0 Å². The number of nitrogens with zero attached hydrogens (tertiary/aromatic N) is 5. The van der Waals surface area contributed by atoms with Gasteiger partial charge in [0, 0.05) is 62.4 Å². The van der Waals surface area contributed by atoms with Crippen LogP contribution in [0.15, 0.2) is 12.4 Å². The molecule has 6 nitrogen and oxygen atoms in total. The van der Waals surface area contributed by atoms with Crippen LogP contribution in [0.5, 0.6) is 0 Å². The van der Waals surface area contributed by atoms with Crippen LogP contribution in [0.25, 0.3) is 0 Å². The Morgan fingerprint density at radius 2 is 1.75 bits per heavy atom. The summed E-state index contributed by atoms with van der Waals surface area (Å²) in [5.74, 6) is 1.26. The van der Waals surface area contributed by atoms with Crippen molar-refractivity contribution < 1.29 is 4.79 Å². The van der Waals surface area contributed by atoms with Crippen LogP contribution in [0.2, 0.25) is 0 Å². The van der Waals surface area contributed by atoms with Crippen molar-refractivity contribution in [1.29, 1.82) is 0 Å². The second-order valence-electron chi connectivity index (χ2n) is 9.77. The highest BCUT2D eigenvalue weighted by molar-refractivity contribution is 5.77. The van der Waals surface area contributed by atoms with E-state index in [9.17, 15) is 4.79 Å². The van der Waals surface area contributed by atoms with Gasteiger partial charge in [0.15, 0.2) is 0 Å². The molecule has 0 bridgehead atoms. The van der Waals surface area contributed by atoms with Crippen LogP contribution in [0.3, 0.4) is 0 Å². The fraction of sp³-hybridized carbons (Fsp3) is 0.773. The van der Waals surface area contributed by atoms with E-state index in [1.54, 1.807) is 0 Å². The SMILES string of the molecule is CCC(=O)N1CC2(CC(N3CCC4(CCN(c5cnc(CC)nc5)C4)C3)C2)C1. The zero-order valence-electron chi connectivity index (χ0n) is 17.4. The summed E-state index contributed by atoms with van der Waals surface area (Å²) in [6.07, 6.45) is 10.8. The molecule has 152 valence electrons. The molecule has 1 amide bonds. The summed E-state index contributed by atoms with van der Waals surface area (Å²) < 4.78 is 0. The Hall–Kier alpha value is -1.69. The number of aromatic nitrogens is 2. The highest BCUT2D eigenvalue weighted by Crippen LogP contribution is 2.52. The predicted molar refractivity (Wildman–Crippen MR) is 109 cm³/mol. The number of aryl methyl sites for hydroxylation is 1. The molecule has 0 aromatic carbocycles. The fourth-order valence-corrected chi connectivity index (χ4v) is 6.08. The van der Waals surface area contributed by atoms with Crippen LogP contribution >= 0.6 is 0 Å². The van der Waals surface area contributed by atoms with Crippen LogP contribution in [-0.2, 0) is 11.2 Å². The molecule has 0 N–H and O–H groups in total. The molecule has 2 spiro atoms. The molecule has 0 radical (unpaired) electrons. The van der Waals surface area contributed by atoms with Gasteiger partial charge in [-0.25, -0.2) is 9.97 Å². The lowest BCUT2D eigenvalue weighted by molar-refractivity contribution is -0.156. The number of likely N-dealkylation sites (tertiary alicyclic amines) is 2. The average Bonchev–Trinajstić information content (AvgIpc) is 3.26. The van der Waals surface area contributed by atoms with Gasteiger partial charge in [-0.2, -0.15) is 0 Å². The second-order valence-corrected chi connectivity index (χ2v) is 9.77. The summed E-state index contributed by atoms with van der Waals surface area (Å²) in [5, 5.41) is 0. The minimum absolute atomic E-state index is 0.330. The third kappa shape index (κ3) is 3.00. The smallest absolute Gasteiger partial charge is 0.222 e. The van der Waals surface area contributed by atoms with E-state index in [4.69, 9.17) is 0 Å². The summed E-state index contributed by atoms with van der Waals surface area (Å²) in [6.45, 7) is 10.9. The van der Waals surface area contributed by atoms with Gasteiger partial charge in [0.2, 0.25) is 5.91 Å². The van der Waals surface area contributed by atoms with Gasteiger partial charge >= 0.3 is 0 Å². The van der Waals surface area contributed by atoms with E-state index in [1.807, 2.05) is 19.3 Å². The number of anilines is 1.